The molecule has 1 aromatic heterocycles. The largest absolute Gasteiger partial charge is 0.467 e. The molecule has 0 unspecified atom stereocenters. The van der Waals surface area contributed by atoms with Crippen molar-refractivity contribution in [2.75, 3.05) is 0 Å². The van der Waals surface area contributed by atoms with E-state index in [9.17, 15) is 14.0 Å². The van der Waals surface area contributed by atoms with Gasteiger partial charge >= 0.3 is 0 Å². The fourth-order valence-corrected chi connectivity index (χ4v) is 2.65. The first-order chi connectivity index (χ1) is 13.1. The lowest BCUT2D eigenvalue weighted by Gasteiger charge is -2.18. The summed E-state index contributed by atoms with van der Waals surface area (Å²) in [5, 5.41) is 5.37. The average molecular weight is 366 g/mol. The minimum Gasteiger partial charge on any atom is -0.467 e. The molecule has 138 valence electrons. The number of halogens is 1. The first-order valence-corrected chi connectivity index (χ1v) is 8.53. The third-order valence-electron chi connectivity index (χ3n) is 4.04. The molecule has 0 saturated heterocycles. The van der Waals surface area contributed by atoms with Crippen molar-refractivity contribution < 1.29 is 18.4 Å². The Morgan fingerprint density at radius 2 is 1.70 bits per heavy atom. The zero-order valence-corrected chi connectivity index (χ0v) is 14.5. The molecular formula is C21H19FN2O3. The Bertz CT molecular complexity index is 895. The van der Waals surface area contributed by atoms with Crippen molar-refractivity contribution >= 4 is 11.8 Å². The zero-order valence-electron chi connectivity index (χ0n) is 14.5. The summed E-state index contributed by atoms with van der Waals surface area (Å²) in [6, 6.07) is 17.6. The van der Waals surface area contributed by atoms with Crippen LogP contribution in [-0.4, -0.2) is 17.9 Å². The molecule has 0 aliphatic carbocycles. The van der Waals surface area contributed by atoms with Crippen molar-refractivity contribution in [3.63, 3.8) is 0 Å². The van der Waals surface area contributed by atoms with Crippen molar-refractivity contribution in [2.45, 2.75) is 19.0 Å². The highest BCUT2D eigenvalue weighted by molar-refractivity contribution is 5.97. The summed E-state index contributed by atoms with van der Waals surface area (Å²) in [4.78, 5) is 25.1. The molecule has 0 bridgehead atoms. The van der Waals surface area contributed by atoms with Crippen LogP contribution in [0.4, 0.5) is 4.39 Å². The van der Waals surface area contributed by atoms with Gasteiger partial charge < -0.3 is 15.1 Å². The SMILES string of the molecule is O=C(N[C@@H](Cc1ccccc1)C(=O)NCc1ccco1)c1ccccc1F. The molecule has 0 saturated carbocycles. The normalized spacial score (nSPS) is 11.6. The van der Waals surface area contributed by atoms with Gasteiger partial charge in [0.1, 0.15) is 17.6 Å². The standard InChI is InChI=1S/C21H19FN2O3/c22-18-11-5-4-10-17(18)20(25)24-19(13-15-7-2-1-3-8-15)21(26)23-14-16-9-6-12-27-16/h1-12,19H,13-14H2,(H,23,26)(H,24,25)/t19-/m0/s1. The van der Waals surface area contributed by atoms with Crippen molar-refractivity contribution in [2.24, 2.45) is 0 Å². The van der Waals surface area contributed by atoms with Gasteiger partial charge in [0.05, 0.1) is 18.4 Å². The maximum atomic E-state index is 13.9. The van der Waals surface area contributed by atoms with Gasteiger partial charge in [0, 0.05) is 6.42 Å². The predicted molar refractivity (Wildman–Crippen MR) is 98.4 cm³/mol. The number of carbonyl (C=O) groups is 2. The number of furan rings is 1. The highest BCUT2D eigenvalue weighted by atomic mass is 19.1. The van der Waals surface area contributed by atoms with Crippen LogP contribution in [0.25, 0.3) is 0 Å². The summed E-state index contributed by atoms with van der Waals surface area (Å²) in [7, 11) is 0. The van der Waals surface area contributed by atoms with Gasteiger partial charge in [-0.1, -0.05) is 42.5 Å². The van der Waals surface area contributed by atoms with Crippen LogP contribution in [0, 0.1) is 5.82 Å². The fraction of sp³-hybridized carbons (Fsp3) is 0.143. The van der Waals surface area contributed by atoms with E-state index in [0.717, 1.165) is 5.56 Å². The second-order valence-electron chi connectivity index (χ2n) is 5.99. The molecule has 2 N–H and O–H groups in total. The van der Waals surface area contributed by atoms with Gasteiger partial charge in [-0.05, 0) is 29.8 Å². The Morgan fingerprint density at radius 1 is 0.963 bits per heavy atom. The second-order valence-corrected chi connectivity index (χ2v) is 5.99. The third kappa shape index (κ3) is 5.04. The topological polar surface area (TPSA) is 71.3 Å². The monoisotopic (exact) mass is 366 g/mol. The van der Waals surface area contributed by atoms with E-state index in [-0.39, 0.29) is 24.4 Å². The quantitative estimate of drug-likeness (QED) is 0.675. The molecule has 2 amide bonds. The van der Waals surface area contributed by atoms with Crippen molar-refractivity contribution in [1.82, 2.24) is 10.6 Å². The molecule has 2 aromatic carbocycles. The smallest absolute Gasteiger partial charge is 0.254 e. The lowest BCUT2D eigenvalue weighted by atomic mass is 10.0. The highest BCUT2D eigenvalue weighted by Gasteiger charge is 2.23. The van der Waals surface area contributed by atoms with Gasteiger partial charge in [0.25, 0.3) is 5.91 Å². The molecule has 0 spiro atoms. The maximum absolute atomic E-state index is 13.9. The van der Waals surface area contributed by atoms with Gasteiger partial charge in [0.15, 0.2) is 0 Å². The van der Waals surface area contributed by atoms with E-state index in [2.05, 4.69) is 10.6 Å². The van der Waals surface area contributed by atoms with Gasteiger partial charge in [-0.3, -0.25) is 9.59 Å². The molecule has 0 fully saturated rings. The number of benzene rings is 2. The molecule has 0 radical (unpaired) electrons. The Morgan fingerprint density at radius 3 is 2.41 bits per heavy atom. The van der Waals surface area contributed by atoms with E-state index >= 15 is 0 Å². The van der Waals surface area contributed by atoms with Gasteiger partial charge in [-0.2, -0.15) is 0 Å². The van der Waals surface area contributed by atoms with Gasteiger partial charge in [-0.25, -0.2) is 4.39 Å². The zero-order chi connectivity index (χ0) is 19.1. The molecule has 0 aliphatic heterocycles. The molecule has 6 heteroatoms. The minimum absolute atomic E-state index is 0.102. The summed E-state index contributed by atoms with van der Waals surface area (Å²) in [5.41, 5.74) is 0.777. The van der Waals surface area contributed by atoms with E-state index in [0.29, 0.717) is 5.76 Å². The van der Waals surface area contributed by atoms with Crippen LogP contribution < -0.4 is 10.6 Å². The van der Waals surface area contributed by atoms with Gasteiger partial charge in [-0.15, -0.1) is 0 Å². The first-order valence-electron chi connectivity index (χ1n) is 8.53. The fourth-order valence-electron chi connectivity index (χ4n) is 2.65. The summed E-state index contributed by atoms with van der Waals surface area (Å²) in [5.74, 6) is -1.05. The summed E-state index contributed by atoms with van der Waals surface area (Å²) < 4.78 is 19.1. The first kappa shape index (κ1) is 18.4. The summed E-state index contributed by atoms with van der Waals surface area (Å²) >= 11 is 0. The second kappa shape index (κ2) is 8.80. The third-order valence-corrected chi connectivity index (χ3v) is 4.04. The summed E-state index contributed by atoms with van der Waals surface area (Å²) in [6.07, 6.45) is 1.80. The lowest BCUT2D eigenvalue weighted by Crippen LogP contribution is -2.48. The molecule has 5 nitrogen and oxygen atoms in total. The average Bonchev–Trinajstić information content (AvgIpc) is 3.20. The van der Waals surface area contributed by atoms with Crippen molar-refractivity contribution in [3.05, 3.63) is 95.7 Å². The minimum atomic E-state index is -0.852. The maximum Gasteiger partial charge on any atom is 0.254 e. The highest BCUT2D eigenvalue weighted by Crippen LogP contribution is 2.09. The van der Waals surface area contributed by atoms with Crippen LogP contribution in [0.2, 0.25) is 0 Å². The predicted octanol–water partition coefficient (Wildman–Crippen LogP) is 3.08. The van der Waals surface area contributed by atoms with Crippen LogP contribution in [0.15, 0.2) is 77.4 Å². The number of nitrogens with one attached hydrogen (secondary N) is 2. The van der Waals surface area contributed by atoms with E-state index < -0.39 is 17.8 Å². The lowest BCUT2D eigenvalue weighted by molar-refractivity contribution is -0.123. The van der Waals surface area contributed by atoms with E-state index in [4.69, 9.17) is 4.42 Å². The molecule has 1 heterocycles. The number of rotatable bonds is 7. The van der Waals surface area contributed by atoms with E-state index in [1.165, 1.54) is 24.5 Å². The van der Waals surface area contributed by atoms with E-state index in [1.54, 1.807) is 18.2 Å². The molecule has 3 aromatic rings. The Kier molecular flexibility index (Phi) is 5.99. The molecule has 3 rings (SSSR count). The van der Waals surface area contributed by atoms with Crippen LogP contribution in [0.5, 0.6) is 0 Å². The van der Waals surface area contributed by atoms with Crippen LogP contribution in [0.3, 0.4) is 0 Å². The Balaban J connectivity index is 1.73. The molecule has 1 atom stereocenters. The summed E-state index contributed by atoms with van der Waals surface area (Å²) in [6.45, 7) is 0.201. The van der Waals surface area contributed by atoms with Crippen LogP contribution >= 0.6 is 0 Å². The van der Waals surface area contributed by atoms with E-state index in [1.807, 2.05) is 30.3 Å². The van der Waals surface area contributed by atoms with Crippen molar-refractivity contribution in [3.8, 4) is 0 Å². The van der Waals surface area contributed by atoms with Gasteiger partial charge in [0.2, 0.25) is 5.91 Å². The molecule has 0 aliphatic rings. The number of amides is 2. The Labute approximate surface area is 156 Å². The van der Waals surface area contributed by atoms with Crippen LogP contribution in [-0.2, 0) is 17.8 Å². The molecular weight excluding hydrogens is 347 g/mol. The number of carbonyl (C=O) groups excluding carboxylic acids is 2. The van der Waals surface area contributed by atoms with Crippen LogP contribution in [0.1, 0.15) is 21.7 Å². The Hall–Kier alpha value is -3.41. The van der Waals surface area contributed by atoms with Crippen molar-refractivity contribution in [1.29, 1.82) is 0 Å². The number of hydrogen-bond donors (Lipinski definition) is 2. The number of hydrogen-bond acceptors (Lipinski definition) is 3. The molecule has 27 heavy (non-hydrogen) atoms.